The van der Waals surface area contributed by atoms with Gasteiger partial charge in [0, 0.05) is 16.7 Å². The lowest BCUT2D eigenvalue weighted by molar-refractivity contribution is 0.0727. The van der Waals surface area contributed by atoms with Gasteiger partial charge in [-0.2, -0.15) is 0 Å². The minimum absolute atomic E-state index is 0.00282. The molecular weight excluding hydrogens is 298 g/mol. The minimum Gasteiger partial charge on any atom is -0.394 e. The Morgan fingerprint density at radius 3 is 2.94 bits per heavy atom. The fourth-order valence-corrected chi connectivity index (χ4v) is 2.88. The van der Waals surface area contributed by atoms with Crippen molar-refractivity contribution in [3.63, 3.8) is 0 Å². The molecule has 100 valence electrons. The average Bonchev–Trinajstić information content (AvgIpc) is 2.38. The first-order chi connectivity index (χ1) is 8.63. The molecule has 1 aliphatic heterocycles. The van der Waals surface area contributed by atoms with Crippen LogP contribution >= 0.6 is 15.9 Å². The summed E-state index contributed by atoms with van der Waals surface area (Å²) in [5.41, 5.74) is 1.90. The van der Waals surface area contributed by atoms with Gasteiger partial charge in [0.25, 0.3) is 0 Å². The summed E-state index contributed by atoms with van der Waals surface area (Å²) in [4.78, 5) is 2.14. The van der Waals surface area contributed by atoms with E-state index >= 15 is 0 Å². The lowest BCUT2D eigenvalue weighted by Gasteiger charge is -2.36. The molecule has 4 nitrogen and oxygen atoms in total. The molecule has 1 aliphatic rings. The third-order valence-electron chi connectivity index (χ3n) is 3.20. The van der Waals surface area contributed by atoms with Gasteiger partial charge < -0.3 is 19.8 Å². The summed E-state index contributed by atoms with van der Waals surface area (Å²) in [6.45, 7) is 3.81. The Morgan fingerprint density at radius 2 is 2.33 bits per heavy atom. The van der Waals surface area contributed by atoms with E-state index in [1.807, 2.05) is 18.2 Å². The van der Waals surface area contributed by atoms with Gasteiger partial charge in [0.2, 0.25) is 0 Å². The van der Waals surface area contributed by atoms with Crippen molar-refractivity contribution in [2.45, 2.75) is 19.1 Å². The molecule has 0 radical (unpaired) electrons. The number of ether oxygens (including phenoxy) is 1. The number of nitrogens with zero attached hydrogens (tertiary/aromatic N) is 1. The monoisotopic (exact) mass is 315 g/mol. The molecule has 1 fully saturated rings. The Hall–Kier alpha value is -0.620. The number of aliphatic hydroxyl groups excluding tert-OH is 2. The second-order valence-electron chi connectivity index (χ2n) is 4.49. The molecule has 0 saturated carbocycles. The molecule has 5 heteroatoms. The van der Waals surface area contributed by atoms with Crippen molar-refractivity contribution in [2.24, 2.45) is 0 Å². The van der Waals surface area contributed by atoms with Crippen molar-refractivity contribution < 1.29 is 14.9 Å². The normalized spacial score (nSPS) is 22.0. The second kappa shape index (κ2) is 6.02. The van der Waals surface area contributed by atoms with E-state index < -0.39 is 6.10 Å². The fourth-order valence-electron chi connectivity index (χ4n) is 2.18. The molecule has 0 bridgehead atoms. The zero-order valence-electron chi connectivity index (χ0n) is 10.3. The first-order valence-electron chi connectivity index (χ1n) is 6.06. The highest BCUT2D eigenvalue weighted by Crippen LogP contribution is 2.29. The molecule has 1 aromatic rings. The van der Waals surface area contributed by atoms with Crippen LogP contribution in [-0.2, 0) is 4.74 Å². The predicted octanol–water partition coefficient (Wildman–Crippen LogP) is 1.70. The van der Waals surface area contributed by atoms with Crippen LogP contribution in [0.15, 0.2) is 22.7 Å². The number of hydrogen-bond donors (Lipinski definition) is 2. The molecule has 18 heavy (non-hydrogen) atoms. The molecule has 2 rings (SSSR count). The molecule has 1 saturated heterocycles. The topological polar surface area (TPSA) is 52.9 Å². The van der Waals surface area contributed by atoms with E-state index in [9.17, 15) is 10.2 Å². The van der Waals surface area contributed by atoms with E-state index in [1.54, 1.807) is 6.92 Å². The number of morpholine rings is 1. The molecule has 1 aromatic carbocycles. The summed E-state index contributed by atoms with van der Waals surface area (Å²) in [6, 6.07) is 5.87. The molecule has 1 unspecified atom stereocenters. The number of anilines is 1. The van der Waals surface area contributed by atoms with Gasteiger partial charge in [-0.15, -0.1) is 0 Å². The van der Waals surface area contributed by atoms with E-state index in [0.717, 1.165) is 22.3 Å². The van der Waals surface area contributed by atoms with Gasteiger partial charge in [0.15, 0.2) is 0 Å². The van der Waals surface area contributed by atoms with Crippen LogP contribution in [0, 0.1) is 0 Å². The number of rotatable bonds is 3. The van der Waals surface area contributed by atoms with Crippen molar-refractivity contribution in [2.75, 3.05) is 31.3 Å². The highest BCUT2D eigenvalue weighted by molar-refractivity contribution is 9.10. The van der Waals surface area contributed by atoms with Crippen LogP contribution in [0.2, 0.25) is 0 Å². The van der Waals surface area contributed by atoms with Gasteiger partial charge in [-0.3, -0.25) is 0 Å². The van der Waals surface area contributed by atoms with E-state index in [0.29, 0.717) is 13.2 Å². The predicted molar refractivity (Wildman–Crippen MR) is 73.8 cm³/mol. The van der Waals surface area contributed by atoms with Gasteiger partial charge in [-0.25, -0.2) is 0 Å². The SMILES string of the molecule is C[C@H](O)c1ccc(N2CCOCC2CO)cc1Br. The molecule has 2 N–H and O–H groups in total. The summed E-state index contributed by atoms with van der Waals surface area (Å²) < 4.78 is 6.25. The highest BCUT2D eigenvalue weighted by atomic mass is 79.9. The van der Waals surface area contributed by atoms with E-state index in [1.165, 1.54) is 0 Å². The number of halogens is 1. The molecule has 1 heterocycles. The van der Waals surface area contributed by atoms with Gasteiger partial charge in [0.1, 0.15) is 0 Å². The number of aliphatic hydroxyl groups is 2. The van der Waals surface area contributed by atoms with Crippen molar-refractivity contribution in [3.8, 4) is 0 Å². The third kappa shape index (κ3) is 2.85. The van der Waals surface area contributed by atoms with Crippen molar-refractivity contribution in [1.29, 1.82) is 0 Å². The maximum Gasteiger partial charge on any atom is 0.0772 e. The average molecular weight is 316 g/mol. The van der Waals surface area contributed by atoms with E-state index in [2.05, 4.69) is 20.8 Å². The molecule has 2 atom stereocenters. The van der Waals surface area contributed by atoms with Crippen LogP contribution in [0.3, 0.4) is 0 Å². The fraction of sp³-hybridized carbons (Fsp3) is 0.538. The quantitative estimate of drug-likeness (QED) is 0.891. The standard InChI is InChI=1S/C13H18BrNO3/c1-9(17)12-3-2-10(6-13(12)14)15-4-5-18-8-11(15)7-16/h2-3,6,9,11,16-17H,4-5,7-8H2,1H3/t9-,11?/m0/s1. The van der Waals surface area contributed by atoms with E-state index in [-0.39, 0.29) is 12.6 Å². The maximum atomic E-state index is 9.60. The van der Waals surface area contributed by atoms with Crippen molar-refractivity contribution in [3.05, 3.63) is 28.2 Å². The van der Waals surface area contributed by atoms with Crippen LogP contribution in [0.1, 0.15) is 18.6 Å². The Bertz CT molecular complexity index is 411. The van der Waals surface area contributed by atoms with Gasteiger partial charge >= 0.3 is 0 Å². The zero-order valence-corrected chi connectivity index (χ0v) is 11.9. The van der Waals surface area contributed by atoms with Crippen LogP contribution in [0.5, 0.6) is 0 Å². The summed E-state index contributed by atoms with van der Waals surface area (Å²) >= 11 is 3.48. The first-order valence-corrected chi connectivity index (χ1v) is 6.85. The highest BCUT2D eigenvalue weighted by Gasteiger charge is 2.23. The first kappa shape index (κ1) is 13.8. The largest absolute Gasteiger partial charge is 0.394 e. The third-order valence-corrected chi connectivity index (χ3v) is 3.89. The molecule has 0 spiro atoms. The molecule has 0 amide bonds. The number of benzene rings is 1. The van der Waals surface area contributed by atoms with Crippen LogP contribution in [0.4, 0.5) is 5.69 Å². The van der Waals surface area contributed by atoms with Crippen LogP contribution in [-0.4, -0.2) is 42.6 Å². The maximum absolute atomic E-state index is 9.60. The Labute approximate surface area is 115 Å². The Kier molecular flexibility index (Phi) is 4.61. The summed E-state index contributed by atoms with van der Waals surface area (Å²) in [5.74, 6) is 0. The molecule has 0 aromatic heterocycles. The van der Waals surface area contributed by atoms with E-state index in [4.69, 9.17) is 4.74 Å². The number of hydrogen-bond acceptors (Lipinski definition) is 4. The van der Waals surface area contributed by atoms with Crippen molar-refractivity contribution >= 4 is 21.6 Å². The molecular formula is C13H18BrNO3. The Balaban J connectivity index is 2.24. The minimum atomic E-state index is -0.494. The second-order valence-corrected chi connectivity index (χ2v) is 5.34. The summed E-state index contributed by atoms with van der Waals surface area (Å²) in [5, 5.41) is 19.0. The van der Waals surface area contributed by atoms with Gasteiger partial charge in [-0.1, -0.05) is 22.0 Å². The van der Waals surface area contributed by atoms with Crippen molar-refractivity contribution in [1.82, 2.24) is 0 Å². The zero-order chi connectivity index (χ0) is 13.1. The lowest BCUT2D eigenvalue weighted by atomic mass is 10.1. The van der Waals surface area contributed by atoms with Gasteiger partial charge in [-0.05, 0) is 24.6 Å². The smallest absolute Gasteiger partial charge is 0.0772 e. The summed E-state index contributed by atoms with van der Waals surface area (Å²) in [6.07, 6.45) is -0.494. The van der Waals surface area contributed by atoms with Crippen LogP contribution < -0.4 is 4.90 Å². The summed E-state index contributed by atoms with van der Waals surface area (Å²) in [7, 11) is 0. The van der Waals surface area contributed by atoms with Gasteiger partial charge in [0.05, 0.1) is 32.0 Å². The molecule has 0 aliphatic carbocycles. The lowest BCUT2D eigenvalue weighted by Crippen LogP contribution is -2.47. The Morgan fingerprint density at radius 1 is 1.56 bits per heavy atom. The van der Waals surface area contributed by atoms with Crippen LogP contribution in [0.25, 0.3) is 0 Å².